The second-order valence-electron chi connectivity index (χ2n) is 5.28. The third-order valence-electron chi connectivity index (χ3n) is 3.12. The van der Waals surface area contributed by atoms with Crippen LogP contribution >= 0.6 is 0 Å². The van der Waals surface area contributed by atoms with E-state index in [2.05, 4.69) is 0 Å². The number of ether oxygens (including phenoxy) is 6. The molecule has 3 N–H and O–H groups in total. The molecule has 9 heteroatoms. The van der Waals surface area contributed by atoms with Crippen molar-refractivity contribution in [2.45, 2.75) is 0 Å². The lowest BCUT2D eigenvalue weighted by Gasteiger charge is -2.09. The summed E-state index contributed by atoms with van der Waals surface area (Å²) in [6.07, 6.45) is 0. The topological polar surface area (TPSA) is 119 Å². The highest BCUT2D eigenvalue weighted by atomic mass is 16.6. The molecule has 0 bridgehead atoms. The van der Waals surface area contributed by atoms with Gasteiger partial charge in [-0.1, -0.05) is 12.1 Å². The Labute approximate surface area is 159 Å². The molecule has 154 valence electrons. The van der Waals surface area contributed by atoms with Crippen molar-refractivity contribution in [2.24, 2.45) is 0 Å². The summed E-state index contributed by atoms with van der Waals surface area (Å²) in [4.78, 5) is 10.2. The molecule has 0 amide bonds. The van der Waals surface area contributed by atoms with Crippen LogP contribution in [0.2, 0.25) is 0 Å². The van der Waals surface area contributed by atoms with Crippen molar-refractivity contribution in [1.29, 1.82) is 0 Å². The summed E-state index contributed by atoms with van der Waals surface area (Å²) in [5.41, 5.74) is 6.38. The summed E-state index contributed by atoms with van der Waals surface area (Å²) in [5, 5.41) is 8.37. The maximum absolute atomic E-state index is 10.2. The van der Waals surface area contributed by atoms with E-state index in [1.807, 2.05) is 18.2 Å². The summed E-state index contributed by atoms with van der Waals surface area (Å²) in [6, 6.07) is 7.32. The Kier molecular flexibility index (Phi) is 13.9. The summed E-state index contributed by atoms with van der Waals surface area (Å²) in [6.45, 7) is 3.93. The molecule has 0 atom stereocenters. The van der Waals surface area contributed by atoms with Crippen molar-refractivity contribution in [2.75, 3.05) is 78.4 Å². The molecule has 1 aromatic rings. The van der Waals surface area contributed by atoms with Gasteiger partial charge in [-0.25, -0.2) is 4.79 Å². The van der Waals surface area contributed by atoms with Crippen LogP contribution in [0.3, 0.4) is 0 Å². The monoisotopic (exact) mass is 387 g/mol. The molecule has 1 aromatic carbocycles. The van der Waals surface area contributed by atoms with Gasteiger partial charge in [0.1, 0.15) is 19.0 Å². The minimum Gasteiger partial charge on any atom is -0.489 e. The van der Waals surface area contributed by atoms with Gasteiger partial charge in [-0.2, -0.15) is 0 Å². The van der Waals surface area contributed by atoms with Crippen molar-refractivity contribution < 1.29 is 38.3 Å². The highest BCUT2D eigenvalue weighted by molar-refractivity contribution is 5.67. The second-order valence-corrected chi connectivity index (χ2v) is 5.28. The molecule has 27 heavy (non-hydrogen) atoms. The number of para-hydroxylation sites is 2. The Morgan fingerprint density at radius 1 is 0.741 bits per heavy atom. The maximum Gasteiger partial charge on any atom is 0.329 e. The number of nitrogen functional groups attached to an aromatic ring is 1. The number of rotatable bonds is 18. The van der Waals surface area contributed by atoms with Gasteiger partial charge in [-0.15, -0.1) is 0 Å². The highest BCUT2D eigenvalue weighted by Gasteiger charge is 1.98. The van der Waals surface area contributed by atoms with Gasteiger partial charge in [0.2, 0.25) is 0 Å². The molecule has 9 nitrogen and oxygen atoms in total. The fraction of sp³-hybridized carbons (Fsp3) is 0.611. The number of carboxylic acid groups (broad SMARTS) is 1. The summed E-state index contributed by atoms with van der Waals surface area (Å²) in [5.74, 6) is -0.333. The lowest BCUT2D eigenvalue weighted by Crippen LogP contribution is -2.15. The molecular formula is C18H29NO8. The van der Waals surface area contributed by atoms with Gasteiger partial charge in [-0.05, 0) is 12.1 Å². The highest BCUT2D eigenvalue weighted by Crippen LogP contribution is 2.19. The SMILES string of the molecule is Nc1ccccc1OCCOCCOCCOCCOCCOCC(=O)O. The Morgan fingerprint density at radius 2 is 1.19 bits per heavy atom. The maximum atomic E-state index is 10.2. The minimum absolute atomic E-state index is 0.249. The van der Waals surface area contributed by atoms with Crippen LogP contribution in [0, 0.1) is 0 Å². The van der Waals surface area contributed by atoms with Crippen LogP contribution in [0.5, 0.6) is 5.75 Å². The van der Waals surface area contributed by atoms with Gasteiger partial charge in [0.25, 0.3) is 0 Å². The first-order valence-corrected chi connectivity index (χ1v) is 8.78. The molecule has 0 aliphatic rings. The number of aliphatic carboxylic acids is 1. The van der Waals surface area contributed by atoms with Crippen LogP contribution in [0.15, 0.2) is 24.3 Å². The third kappa shape index (κ3) is 13.9. The second kappa shape index (κ2) is 16.3. The zero-order valence-electron chi connectivity index (χ0n) is 15.5. The molecule has 0 aliphatic carbocycles. The van der Waals surface area contributed by atoms with E-state index in [0.29, 0.717) is 70.9 Å². The number of carbonyl (C=O) groups is 1. The number of hydrogen-bond donors (Lipinski definition) is 2. The van der Waals surface area contributed by atoms with Crippen molar-refractivity contribution in [3.05, 3.63) is 24.3 Å². The molecule has 0 heterocycles. The fourth-order valence-corrected chi connectivity index (χ4v) is 1.86. The van der Waals surface area contributed by atoms with Gasteiger partial charge in [0.05, 0.1) is 65.1 Å². The first kappa shape index (κ1) is 23.1. The van der Waals surface area contributed by atoms with E-state index in [-0.39, 0.29) is 13.2 Å². The Balaban J connectivity index is 1.74. The molecule has 0 radical (unpaired) electrons. The number of hydrogen-bond acceptors (Lipinski definition) is 8. The molecule has 0 unspecified atom stereocenters. The molecule has 0 saturated heterocycles. The van der Waals surface area contributed by atoms with Crippen molar-refractivity contribution in [1.82, 2.24) is 0 Å². The van der Waals surface area contributed by atoms with E-state index < -0.39 is 5.97 Å². The smallest absolute Gasteiger partial charge is 0.329 e. The predicted molar refractivity (Wildman–Crippen MR) is 98.1 cm³/mol. The predicted octanol–water partition coefficient (Wildman–Crippen LogP) is 0.815. The molecule has 0 aromatic heterocycles. The normalized spacial score (nSPS) is 10.8. The summed E-state index contributed by atoms with van der Waals surface area (Å²) < 4.78 is 31.6. The number of benzene rings is 1. The standard InChI is InChI=1S/C18H29NO8/c19-16-3-1-2-4-17(16)27-14-13-25-10-9-23-6-5-22-7-8-24-11-12-26-15-18(20)21/h1-4H,5-15,19H2,(H,20,21). The van der Waals surface area contributed by atoms with Crippen LogP contribution in [0.25, 0.3) is 0 Å². The van der Waals surface area contributed by atoms with Crippen molar-refractivity contribution in [3.63, 3.8) is 0 Å². The van der Waals surface area contributed by atoms with Gasteiger partial charge < -0.3 is 39.3 Å². The number of nitrogens with two attached hydrogens (primary N) is 1. The summed E-state index contributed by atoms with van der Waals surface area (Å²) in [7, 11) is 0. The lowest BCUT2D eigenvalue weighted by atomic mass is 10.3. The van der Waals surface area contributed by atoms with Crippen LogP contribution in [-0.4, -0.2) is 83.8 Å². The van der Waals surface area contributed by atoms with E-state index in [4.69, 9.17) is 39.3 Å². The molecule has 0 saturated carbocycles. The quantitative estimate of drug-likeness (QED) is 0.279. The van der Waals surface area contributed by atoms with E-state index in [1.54, 1.807) is 6.07 Å². The van der Waals surface area contributed by atoms with Crippen molar-refractivity contribution in [3.8, 4) is 5.75 Å². The zero-order valence-corrected chi connectivity index (χ0v) is 15.5. The number of anilines is 1. The Morgan fingerprint density at radius 3 is 1.67 bits per heavy atom. The fourth-order valence-electron chi connectivity index (χ4n) is 1.86. The molecular weight excluding hydrogens is 358 g/mol. The van der Waals surface area contributed by atoms with Gasteiger partial charge in [0.15, 0.2) is 0 Å². The zero-order chi connectivity index (χ0) is 19.6. The average molecular weight is 387 g/mol. The van der Waals surface area contributed by atoms with Gasteiger partial charge in [-0.3, -0.25) is 0 Å². The van der Waals surface area contributed by atoms with E-state index in [9.17, 15) is 4.79 Å². The van der Waals surface area contributed by atoms with Crippen LogP contribution in [-0.2, 0) is 28.5 Å². The summed E-state index contributed by atoms with van der Waals surface area (Å²) >= 11 is 0. The average Bonchev–Trinajstić information content (AvgIpc) is 2.65. The molecule has 0 fully saturated rings. The lowest BCUT2D eigenvalue weighted by molar-refractivity contribution is -0.142. The largest absolute Gasteiger partial charge is 0.489 e. The van der Waals surface area contributed by atoms with Crippen LogP contribution in [0.1, 0.15) is 0 Å². The van der Waals surface area contributed by atoms with Crippen LogP contribution in [0.4, 0.5) is 5.69 Å². The number of carboxylic acids is 1. The molecule has 0 aliphatic heterocycles. The molecule has 0 spiro atoms. The first-order chi connectivity index (χ1) is 13.2. The van der Waals surface area contributed by atoms with Gasteiger partial charge in [0, 0.05) is 0 Å². The molecule has 1 rings (SSSR count). The Hall–Kier alpha value is -1.91. The third-order valence-corrected chi connectivity index (χ3v) is 3.12. The minimum atomic E-state index is -0.991. The van der Waals surface area contributed by atoms with E-state index in [0.717, 1.165) is 0 Å². The van der Waals surface area contributed by atoms with Crippen LogP contribution < -0.4 is 10.5 Å². The van der Waals surface area contributed by atoms with E-state index >= 15 is 0 Å². The van der Waals surface area contributed by atoms with Gasteiger partial charge >= 0.3 is 5.97 Å². The Bertz CT molecular complexity index is 500. The van der Waals surface area contributed by atoms with E-state index in [1.165, 1.54) is 0 Å². The van der Waals surface area contributed by atoms with Crippen molar-refractivity contribution >= 4 is 11.7 Å². The first-order valence-electron chi connectivity index (χ1n) is 8.78.